The molecule has 0 bridgehead atoms. The average molecular weight is 423 g/mol. The Labute approximate surface area is 179 Å². The molecule has 1 fully saturated rings. The van der Waals surface area contributed by atoms with E-state index in [1.807, 2.05) is 20.8 Å². The Morgan fingerprint density at radius 3 is 2.68 bits per heavy atom. The second-order valence-electron chi connectivity index (χ2n) is 9.13. The molecule has 1 atom stereocenters. The number of rotatable bonds is 3. The van der Waals surface area contributed by atoms with Gasteiger partial charge < -0.3 is 10.6 Å². The van der Waals surface area contributed by atoms with Gasteiger partial charge in [0.2, 0.25) is 0 Å². The number of fused-ring (bicyclic) bond motifs is 1. The molecule has 31 heavy (non-hydrogen) atoms. The van der Waals surface area contributed by atoms with E-state index in [-0.39, 0.29) is 22.8 Å². The van der Waals surface area contributed by atoms with Gasteiger partial charge in [-0.15, -0.1) is 0 Å². The molecule has 0 aliphatic carbocycles. The van der Waals surface area contributed by atoms with Gasteiger partial charge in [-0.25, -0.2) is 4.39 Å². The number of hydrogen-bond acceptors (Lipinski definition) is 4. The number of hydrogen-bond donors (Lipinski definition) is 2. The minimum atomic E-state index is -0.612. The van der Waals surface area contributed by atoms with Crippen LogP contribution in [0.4, 0.5) is 4.39 Å². The van der Waals surface area contributed by atoms with Gasteiger partial charge in [-0.05, 0) is 43.2 Å². The lowest BCUT2D eigenvalue weighted by molar-refractivity contribution is 0.0700. The van der Waals surface area contributed by atoms with Gasteiger partial charge in [0.25, 0.3) is 11.8 Å². The van der Waals surface area contributed by atoms with Crippen LogP contribution in [0.2, 0.25) is 0 Å². The largest absolute Gasteiger partial charge is 0.366 e. The summed E-state index contributed by atoms with van der Waals surface area (Å²) < 4.78 is 13.6. The van der Waals surface area contributed by atoms with Crippen molar-refractivity contribution in [2.24, 2.45) is 5.73 Å². The number of pyridine rings is 1. The minimum absolute atomic E-state index is 0.138. The van der Waals surface area contributed by atoms with Crippen molar-refractivity contribution in [3.8, 4) is 0 Å². The highest BCUT2D eigenvalue weighted by Crippen LogP contribution is 2.31. The number of nitrogens with one attached hydrogen (secondary N) is 1. The van der Waals surface area contributed by atoms with Gasteiger partial charge in [-0.1, -0.05) is 20.8 Å². The van der Waals surface area contributed by atoms with E-state index in [1.165, 1.54) is 12.1 Å². The number of carbonyl (C=O) groups is 2. The molecule has 2 amide bonds. The Hall–Kier alpha value is -3.29. The number of primary amides is 1. The van der Waals surface area contributed by atoms with Gasteiger partial charge in [0.1, 0.15) is 11.5 Å². The Balaban J connectivity index is 1.64. The van der Waals surface area contributed by atoms with Crippen LogP contribution < -0.4 is 5.73 Å². The van der Waals surface area contributed by atoms with E-state index in [0.29, 0.717) is 35.4 Å². The van der Waals surface area contributed by atoms with Crippen LogP contribution in [0.1, 0.15) is 71.8 Å². The third-order valence-corrected chi connectivity index (χ3v) is 5.77. The molecule has 0 radical (unpaired) electrons. The maximum atomic E-state index is 13.6. The first-order valence-corrected chi connectivity index (χ1v) is 10.4. The molecule has 2 aromatic heterocycles. The maximum absolute atomic E-state index is 13.6. The number of aromatic nitrogens is 3. The lowest BCUT2D eigenvalue weighted by Gasteiger charge is -2.32. The van der Waals surface area contributed by atoms with Crippen molar-refractivity contribution >= 4 is 22.7 Å². The zero-order valence-electron chi connectivity index (χ0n) is 17.9. The van der Waals surface area contributed by atoms with Crippen LogP contribution in [-0.4, -0.2) is 45.0 Å². The summed E-state index contributed by atoms with van der Waals surface area (Å²) in [5.41, 5.74) is 8.16. The number of aromatic amines is 1. The van der Waals surface area contributed by atoms with E-state index in [0.717, 1.165) is 18.5 Å². The molecule has 3 heterocycles. The molecule has 8 heteroatoms. The smallest absolute Gasteiger partial charge is 0.274 e. The van der Waals surface area contributed by atoms with E-state index in [2.05, 4.69) is 15.2 Å². The van der Waals surface area contributed by atoms with E-state index >= 15 is 0 Å². The monoisotopic (exact) mass is 423 g/mol. The van der Waals surface area contributed by atoms with Crippen LogP contribution >= 0.6 is 0 Å². The SMILES string of the molecule is CC(C)(C)c1cc(C(=O)N2CCCC(c3nc4ccc(F)cc4cc3C(N)=O)C2)n[nH]1. The molecule has 162 valence electrons. The molecule has 1 unspecified atom stereocenters. The third kappa shape index (κ3) is 4.15. The molecular weight excluding hydrogens is 397 g/mol. The van der Waals surface area contributed by atoms with Crippen molar-refractivity contribution in [1.82, 2.24) is 20.1 Å². The minimum Gasteiger partial charge on any atom is -0.366 e. The normalized spacial score (nSPS) is 17.2. The number of piperidine rings is 1. The van der Waals surface area contributed by atoms with E-state index in [9.17, 15) is 14.0 Å². The van der Waals surface area contributed by atoms with Gasteiger partial charge in [-0.3, -0.25) is 19.7 Å². The first kappa shape index (κ1) is 21.0. The molecule has 1 aromatic carbocycles. The Morgan fingerprint density at radius 1 is 1.23 bits per heavy atom. The summed E-state index contributed by atoms with van der Waals surface area (Å²) in [6.07, 6.45) is 1.55. The predicted molar refractivity (Wildman–Crippen MR) is 115 cm³/mol. The molecule has 3 aromatic rings. The number of halogens is 1. The summed E-state index contributed by atoms with van der Waals surface area (Å²) >= 11 is 0. The first-order valence-electron chi connectivity index (χ1n) is 10.4. The topological polar surface area (TPSA) is 105 Å². The summed E-state index contributed by atoms with van der Waals surface area (Å²) in [4.78, 5) is 31.6. The van der Waals surface area contributed by atoms with Gasteiger partial charge in [0.15, 0.2) is 0 Å². The van der Waals surface area contributed by atoms with Gasteiger partial charge in [0.05, 0.1) is 16.8 Å². The quantitative estimate of drug-likeness (QED) is 0.672. The van der Waals surface area contributed by atoms with Crippen molar-refractivity contribution in [1.29, 1.82) is 0 Å². The van der Waals surface area contributed by atoms with Crippen LogP contribution in [0.25, 0.3) is 10.9 Å². The van der Waals surface area contributed by atoms with Gasteiger partial charge in [0, 0.05) is 35.5 Å². The number of nitrogens with zero attached hydrogens (tertiary/aromatic N) is 3. The van der Waals surface area contributed by atoms with Crippen molar-refractivity contribution in [3.63, 3.8) is 0 Å². The molecule has 0 saturated carbocycles. The van der Waals surface area contributed by atoms with E-state index in [1.54, 1.807) is 23.1 Å². The zero-order chi connectivity index (χ0) is 22.3. The second-order valence-corrected chi connectivity index (χ2v) is 9.13. The zero-order valence-corrected chi connectivity index (χ0v) is 17.9. The Morgan fingerprint density at radius 2 is 2.00 bits per heavy atom. The average Bonchev–Trinajstić information content (AvgIpc) is 3.23. The highest BCUT2D eigenvalue weighted by atomic mass is 19.1. The Bertz CT molecular complexity index is 1160. The standard InChI is InChI=1S/C23H26FN5O2/c1-23(2,3)19-11-18(27-28-19)22(31)29-8-4-5-13(12-29)20-16(21(25)30)10-14-9-15(24)6-7-17(14)26-20/h6-7,9-11,13H,4-5,8,12H2,1-3H3,(H2,25,30)(H,27,28). The molecule has 3 N–H and O–H groups in total. The van der Waals surface area contributed by atoms with Crippen LogP contribution in [0, 0.1) is 5.82 Å². The van der Waals surface area contributed by atoms with E-state index in [4.69, 9.17) is 5.73 Å². The predicted octanol–water partition coefficient (Wildman–Crippen LogP) is 3.51. The van der Waals surface area contributed by atoms with Gasteiger partial charge >= 0.3 is 0 Å². The number of amides is 2. The number of H-pyrrole nitrogens is 1. The lowest BCUT2D eigenvalue weighted by Crippen LogP contribution is -2.40. The molecule has 4 rings (SSSR count). The molecular formula is C23H26FN5O2. The third-order valence-electron chi connectivity index (χ3n) is 5.77. The summed E-state index contributed by atoms with van der Waals surface area (Å²) in [7, 11) is 0. The first-order chi connectivity index (χ1) is 14.6. The van der Waals surface area contributed by atoms with Crippen LogP contribution in [0.3, 0.4) is 0 Å². The molecule has 1 saturated heterocycles. The van der Waals surface area contributed by atoms with Crippen LogP contribution in [0.15, 0.2) is 30.3 Å². The Kier molecular flexibility index (Phi) is 5.24. The van der Waals surface area contributed by atoms with Crippen LogP contribution in [0.5, 0.6) is 0 Å². The highest BCUT2D eigenvalue weighted by Gasteiger charge is 2.30. The molecule has 0 spiro atoms. The summed E-state index contributed by atoms with van der Waals surface area (Å²) in [6.45, 7) is 7.17. The number of benzene rings is 1. The second kappa shape index (κ2) is 7.76. The summed E-state index contributed by atoms with van der Waals surface area (Å²) in [5.74, 6) is -1.31. The fourth-order valence-corrected chi connectivity index (χ4v) is 4.03. The molecule has 1 aliphatic rings. The summed E-state index contributed by atoms with van der Waals surface area (Å²) in [5, 5.41) is 7.69. The van der Waals surface area contributed by atoms with Gasteiger partial charge in [-0.2, -0.15) is 5.10 Å². The van der Waals surface area contributed by atoms with Crippen molar-refractivity contribution in [2.45, 2.75) is 44.9 Å². The fraction of sp³-hybridized carbons (Fsp3) is 0.391. The number of likely N-dealkylation sites (tertiary alicyclic amines) is 1. The maximum Gasteiger partial charge on any atom is 0.274 e. The number of nitrogens with two attached hydrogens (primary N) is 1. The molecule has 1 aliphatic heterocycles. The molecule has 7 nitrogen and oxygen atoms in total. The lowest BCUT2D eigenvalue weighted by atomic mass is 9.90. The van der Waals surface area contributed by atoms with Crippen molar-refractivity contribution < 1.29 is 14.0 Å². The van der Waals surface area contributed by atoms with Crippen LogP contribution in [-0.2, 0) is 5.41 Å². The van der Waals surface area contributed by atoms with Crippen molar-refractivity contribution in [3.05, 3.63) is 58.8 Å². The summed E-state index contributed by atoms with van der Waals surface area (Å²) in [6, 6.07) is 7.64. The fourth-order valence-electron chi connectivity index (χ4n) is 4.03. The van der Waals surface area contributed by atoms with Crippen molar-refractivity contribution in [2.75, 3.05) is 13.1 Å². The number of carbonyl (C=O) groups excluding carboxylic acids is 2. The highest BCUT2D eigenvalue weighted by molar-refractivity contribution is 5.98. The van der Waals surface area contributed by atoms with E-state index < -0.39 is 11.7 Å².